The second-order valence-corrected chi connectivity index (χ2v) is 3.80. The van der Waals surface area contributed by atoms with Gasteiger partial charge in [-0.25, -0.2) is 0 Å². The highest BCUT2D eigenvalue weighted by molar-refractivity contribution is 8.00. The molecule has 0 aromatic heterocycles. The number of halogens is 1. The van der Waals surface area contributed by atoms with Crippen molar-refractivity contribution >= 4 is 36.9 Å². The van der Waals surface area contributed by atoms with E-state index in [2.05, 4.69) is 25.3 Å². The minimum atomic E-state index is -0.262. The molecule has 0 saturated heterocycles. The zero-order valence-corrected chi connectivity index (χ0v) is 6.73. The van der Waals surface area contributed by atoms with E-state index in [1.165, 1.54) is 0 Å². The van der Waals surface area contributed by atoms with Gasteiger partial charge in [-0.2, -0.15) is 25.3 Å². The molecule has 0 aliphatic carbocycles. The summed E-state index contributed by atoms with van der Waals surface area (Å²) in [6, 6.07) is 0. The summed E-state index contributed by atoms with van der Waals surface area (Å²) in [6.45, 7) is 2.00. The summed E-state index contributed by atoms with van der Waals surface area (Å²) in [7, 11) is 0. The van der Waals surface area contributed by atoms with E-state index in [-0.39, 0.29) is 4.08 Å². The minimum absolute atomic E-state index is 0.262. The fourth-order valence-corrected chi connectivity index (χ4v) is 0.283. The molecule has 7 heavy (non-hydrogen) atoms. The van der Waals surface area contributed by atoms with Crippen LogP contribution in [0.25, 0.3) is 0 Å². The maximum atomic E-state index is 5.44. The van der Waals surface area contributed by atoms with Crippen LogP contribution in [0.3, 0.4) is 0 Å². The number of rotatable bonds is 2. The molecule has 0 amide bonds. The first kappa shape index (κ1) is 7.99. The van der Waals surface area contributed by atoms with Crippen LogP contribution in [-0.4, -0.2) is 9.96 Å². The zero-order chi connectivity index (χ0) is 5.91. The quantitative estimate of drug-likeness (QED) is 0.342. The van der Waals surface area contributed by atoms with Gasteiger partial charge < -0.3 is 0 Å². The Kier molecular flexibility index (Phi) is 3.54. The van der Waals surface area contributed by atoms with Crippen molar-refractivity contribution in [1.82, 2.24) is 0 Å². The van der Waals surface area contributed by atoms with Crippen molar-refractivity contribution in [3.8, 4) is 0 Å². The lowest BCUT2D eigenvalue weighted by Gasteiger charge is -2.14. The van der Waals surface area contributed by atoms with Crippen molar-refractivity contribution in [2.45, 2.75) is 17.4 Å². The average molecular weight is 157 g/mol. The number of hydrogen-bond donors (Lipinski definition) is 2. The Bertz CT molecular complexity index is 47.7. The van der Waals surface area contributed by atoms with Gasteiger partial charge in [0.2, 0.25) is 0 Å². The van der Waals surface area contributed by atoms with Crippen molar-refractivity contribution in [2.75, 3.05) is 5.88 Å². The predicted octanol–water partition coefficient (Wildman–Crippen LogP) is 2.19. The van der Waals surface area contributed by atoms with Crippen molar-refractivity contribution in [2.24, 2.45) is 0 Å². The second-order valence-electron chi connectivity index (χ2n) is 1.47. The van der Waals surface area contributed by atoms with Crippen molar-refractivity contribution in [3.05, 3.63) is 0 Å². The summed E-state index contributed by atoms with van der Waals surface area (Å²) in [5, 5.41) is 0. The molecule has 0 aromatic carbocycles. The van der Waals surface area contributed by atoms with Crippen LogP contribution < -0.4 is 0 Å². The van der Waals surface area contributed by atoms with Crippen LogP contribution in [0.1, 0.15) is 13.3 Å². The van der Waals surface area contributed by atoms with Gasteiger partial charge in [-0.1, -0.05) is 6.92 Å². The molecule has 0 rings (SSSR count). The Balaban J connectivity index is 3.36. The summed E-state index contributed by atoms with van der Waals surface area (Å²) in [6.07, 6.45) is 0.892. The van der Waals surface area contributed by atoms with Crippen LogP contribution in [0.15, 0.2) is 0 Å². The summed E-state index contributed by atoms with van der Waals surface area (Å²) in [5.74, 6) is 0.496. The predicted molar refractivity (Wildman–Crippen MR) is 41.7 cm³/mol. The lowest BCUT2D eigenvalue weighted by atomic mass is 10.4. The molecule has 0 nitrogen and oxygen atoms in total. The van der Waals surface area contributed by atoms with E-state index >= 15 is 0 Å². The van der Waals surface area contributed by atoms with Gasteiger partial charge in [0.05, 0.1) is 4.08 Å². The normalized spacial score (nSPS) is 12.0. The van der Waals surface area contributed by atoms with E-state index in [0.717, 1.165) is 6.42 Å². The van der Waals surface area contributed by atoms with Gasteiger partial charge >= 0.3 is 0 Å². The van der Waals surface area contributed by atoms with Crippen LogP contribution in [0, 0.1) is 0 Å². The topological polar surface area (TPSA) is 0 Å². The summed E-state index contributed by atoms with van der Waals surface area (Å²) >= 11 is 13.7. The fourth-order valence-electron chi connectivity index (χ4n) is 0.0945. The molecule has 0 unspecified atom stereocenters. The molecule has 0 fully saturated rings. The molecule has 0 atom stereocenters. The molecule has 44 valence electrons. The van der Waals surface area contributed by atoms with E-state index in [4.69, 9.17) is 11.6 Å². The monoisotopic (exact) mass is 156 g/mol. The lowest BCUT2D eigenvalue weighted by molar-refractivity contribution is 0.867. The molecule has 0 heterocycles. The molecule has 0 aliphatic rings. The third-order valence-electron chi connectivity index (χ3n) is 0.780. The first-order chi connectivity index (χ1) is 3.12. The Hall–Kier alpha value is 0.990. The van der Waals surface area contributed by atoms with Crippen LogP contribution in [0.5, 0.6) is 0 Å². The Morgan fingerprint density at radius 3 is 2.00 bits per heavy atom. The second kappa shape index (κ2) is 3.10. The van der Waals surface area contributed by atoms with Gasteiger partial charge in [-0.15, -0.1) is 11.6 Å². The Morgan fingerprint density at radius 2 is 2.00 bits per heavy atom. The third-order valence-corrected chi connectivity index (χ3v) is 2.56. The van der Waals surface area contributed by atoms with Crippen LogP contribution >= 0.6 is 36.9 Å². The zero-order valence-electron chi connectivity index (χ0n) is 4.19. The first-order valence-electron chi connectivity index (χ1n) is 2.13. The van der Waals surface area contributed by atoms with E-state index in [0.29, 0.717) is 5.88 Å². The summed E-state index contributed by atoms with van der Waals surface area (Å²) in [5.41, 5.74) is 0. The Labute approximate surface area is 60.4 Å². The van der Waals surface area contributed by atoms with E-state index in [1.54, 1.807) is 0 Å². The Morgan fingerprint density at radius 1 is 1.57 bits per heavy atom. The maximum Gasteiger partial charge on any atom is 0.0683 e. The van der Waals surface area contributed by atoms with Gasteiger partial charge in [0.1, 0.15) is 0 Å². The van der Waals surface area contributed by atoms with Crippen molar-refractivity contribution in [1.29, 1.82) is 0 Å². The van der Waals surface area contributed by atoms with E-state index in [1.807, 2.05) is 6.92 Å². The van der Waals surface area contributed by atoms with Gasteiger partial charge in [-0.05, 0) is 6.42 Å². The number of hydrogen-bond acceptors (Lipinski definition) is 2. The molecular formula is C4H9ClS2. The highest BCUT2D eigenvalue weighted by Crippen LogP contribution is 2.24. The van der Waals surface area contributed by atoms with Crippen molar-refractivity contribution < 1.29 is 0 Å². The van der Waals surface area contributed by atoms with Crippen molar-refractivity contribution in [3.63, 3.8) is 0 Å². The van der Waals surface area contributed by atoms with Gasteiger partial charge in [0.25, 0.3) is 0 Å². The molecule has 0 bridgehead atoms. The van der Waals surface area contributed by atoms with Crippen LogP contribution in [0.4, 0.5) is 0 Å². The SMILES string of the molecule is CCC(S)(S)CCl. The molecular weight excluding hydrogens is 148 g/mol. The molecule has 0 radical (unpaired) electrons. The summed E-state index contributed by atoms with van der Waals surface area (Å²) in [4.78, 5) is 0. The molecule has 0 aliphatic heterocycles. The first-order valence-corrected chi connectivity index (χ1v) is 3.56. The molecule has 0 spiro atoms. The van der Waals surface area contributed by atoms with Gasteiger partial charge in [-0.3, -0.25) is 0 Å². The molecule has 0 N–H and O–H groups in total. The number of alkyl halides is 1. The minimum Gasteiger partial charge on any atom is -0.161 e. The maximum absolute atomic E-state index is 5.44. The summed E-state index contributed by atoms with van der Waals surface area (Å²) < 4.78 is -0.262. The fraction of sp³-hybridized carbons (Fsp3) is 1.00. The molecule has 0 saturated carbocycles. The smallest absolute Gasteiger partial charge is 0.0683 e. The van der Waals surface area contributed by atoms with E-state index in [9.17, 15) is 0 Å². The van der Waals surface area contributed by atoms with Gasteiger partial charge in [0, 0.05) is 5.88 Å². The van der Waals surface area contributed by atoms with Gasteiger partial charge in [0.15, 0.2) is 0 Å². The largest absolute Gasteiger partial charge is 0.161 e. The third kappa shape index (κ3) is 3.56. The molecule has 0 aromatic rings. The highest BCUT2D eigenvalue weighted by Gasteiger charge is 2.14. The van der Waals surface area contributed by atoms with Crippen LogP contribution in [0.2, 0.25) is 0 Å². The molecule has 3 heteroatoms. The lowest BCUT2D eigenvalue weighted by Crippen LogP contribution is -2.12. The standard InChI is InChI=1S/C4H9ClS2/c1-2-4(6,7)3-5/h6-7H,2-3H2,1H3. The van der Waals surface area contributed by atoms with E-state index < -0.39 is 0 Å². The number of thiol groups is 2. The van der Waals surface area contributed by atoms with Crippen LogP contribution in [-0.2, 0) is 0 Å². The highest BCUT2D eigenvalue weighted by atomic mass is 35.5. The average Bonchev–Trinajstić information content (AvgIpc) is 1.68.